The highest BCUT2D eigenvalue weighted by Gasteiger charge is 2.29. The molecule has 1 aliphatic heterocycles. The maximum absolute atomic E-state index is 13.1. The van der Waals surface area contributed by atoms with Gasteiger partial charge >= 0.3 is 0 Å². The van der Waals surface area contributed by atoms with Gasteiger partial charge in [0.2, 0.25) is 10.0 Å². The van der Waals surface area contributed by atoms with Crippen LogP contribution in [0.3, 0.4) is 0 Å². The van der Waals surface area contributed by atoms with E-state index in [1.54, 1.807) is 0 Å². The monoisotopic (exact) mass is 302 g/mol. The number of nitrogens with zero attached hydrogens (tertiary/aromatic N) is 1. The maximum atomic E-state index is 13.1. The highest BCUT2D eigenvalue weighted by Crippen LogP contribution is 2.24. The molecule has 0 aromatic heterocycles. The van der Waals surface area contributed by atoms with E-state index >= 15 is 0 Å². The molecule has 2 rings (SSSR count). The van der Waals surface area contributed by atoms with Crippen LogP contribution in [-0.4, -0.2) is 38.5 Å². The number of piperidine rings is 1. The topological polar surface area (TPSA) is 72.6 Å². The van der Waals surface area contributed by atoms with Crippen molar-refractivity contribution in [3.8, 4) is 0 Å². The first-order chi connectivity index (χ1) is 9.45. The average Bonchev–Trinajstić information content (AvgIpc) is 2.43. The van der Waals surface area contributed by atoms with E-state index in [0.29, 0.717) is 32.5 Å². The molecule has 0 aliphatic carbocycles. The van der Waals surface area contributed by atoms with Crippen molar-refractivity contribution < 1.29 is 17.5 Å². The predicted octanol–water partition coefficient (Wildman–Crippen LogP) is 1.60. The van der Waals surface area contributed by atoms with Gasteiger partial charge in [-0.15, -0.1) is 0 Å². The maximum Gasteiger partial charge on any atom is 0.243 e. The fraction of sp³-hybridized carbons (Fsp3) is 0.538. The molecular formula is C13H19FN2O3S. The number of hydrogen-bond acceptors (Lipinski definition) is 4. The molecule has 1 aliphatic rings. The summed E-state index contributed by atoms with van der Waals surface area (Å²) in [7, 11) is -3.61. The van der Waals surface area contributed by atoms with Gasteiger partial charge < -0.3 is 10.5 Å². The van der Waals surface area contributed by atoms with Crippen LogP contribution in [0.2, 0.25) is 0 Å². The molecule has 1 saturated heterocycles. The van der Waals surface area contributed by atoms with Gasteiger partial charge in [0, 0.05) is 19.7 Å². The van der Waals surface area contributed by atoms with E-state index in [4.69, 9.17) is 10.5 Å². The van der Waals surface area contributed by atoms with Crippen LogP contribution in [0.5, 0.6) is 0 Å². The number of halogens is 1. The van der Waals surface area contributed by atoms with Crippen LogP contribution in [0.15, 0.2) is 23.1 Å². The van der Waals surface area contributed by atoms with E-state index in [-0.39, 0.29) is 16.7 Å². The Balaban J connectivity index is 2.13. The summed E-state index contributed by atoms with van der Waals surface area (Å²) in [5.41, 5.74) is 5.27. The zero-order valence-electron chi connectivity index (χ0n) is 11.4. The van der Waals surface area contributed by atoms with Crippen molar-refractivity contribution in [3.63, 3.8) is 0 Å². The van der Waals surface area contributed by atoms with Crippen molar-refractivity contribution in [3.05, 3.63) is 24.0 Å². The van der Waals surface area contributed by atoms with Crippen LogP contribution in [0, 0.1) is 5.82 Å². The van der Waals surface area contributed by atoms with Gasteiger partial charge in [0.05, 0.1) is 16.7 Å². The van der Waals surface area contributed by atoms with Crippen molar-refractivity contribution in [2.45, 2.75) is 30.8 Å². The minimum absolute atomic E-state index is 0.0336. The van der Waals surface area contributed by atoms with Crippen LogP contribution in [0.4, 0.5) is 10.1 Å². The molecular weight excluding hydrogens is 283 g/mol. The van der Waals surface area contributed by atoms with E-state index < -0.39 is 15.8 Å². The molecule has 0 radical (unpaired) electrons. The number of nitrogen functional groups attached to an aromatic ring is 1. The summed E-state index contributed by atoms with van der Waals surface area (Å²) >= 11 is 0. The summed E-state index contributed by atoms with van der Waals surface area (Å²) in [6.07, 6.45) is 1.46. The Morgan fingerprint density at radius 1 is 1.40 bits per heavy atom. The number of ether oxygens (including phenoxy) is 1. The normalized spacial score (nSPS) is 18.3. The number of sulfonamides is 1. The lowest BCUT2D eigenvalue weighted by molar-refractivity contribution is 0.0290. The van der Waals surface area contributed by atoms with E-state index in [0.717, 1.165) is 6.07 Å². The van der Waals surface area contributed by atoms with Gasteiger partial charge in [-0.2, -0.15) is 4.31 Å². The summed E-state index contributed by atoms with van der Waals surface area (Å²) < 4.78 is 44.9. The number of hydrogen-bond donors (Lipinski definition) is 1. The summed E-state index contributed by atoms with van der Waals surface area (Å²) in [6, 6.07) is 3.49. The highest BCUT2D eigenvalue weighted by atomic mass is 32.2. The molecule has 112 valence electrons. The number of nitrogens with two attached hydrogens (primary N) is 1. The highest BCUT2D eigenvalue weighted by molar-refractivity contribution is 7.89. The van der Waals surface area contributed by atoms with E-state index in [2.05, 4.69) is 0 Å². The van der Waals surface area contributed by atoms with Gasteiger partial charge in [-0.25, -0.2) is 12.8 Å². The summed E-state index contributed by atoms with van der Waals surface area (Å²) in [5, 5.41) is 0. The lowest BCUT2D eigenvalue weighted by Crippen LogP contribution is -2.40. The second-order valence-corrected chi connectivity index (χ2v) is 6.68. The lowest BCUT2D eigenvalue weighted by atomic mass is 10.1. The zero-order chi connectivity index (χ0) is 14.8. The first-order valence-electron chi connectivity index (χ1n) is 6.62. The summed E-state index contributed by atoms with van der Waals surface area (Å²) in [4.78, 5) is 0.0336. The molecule has 20 heavy (non-hydrogen) atoms. The first-order valence-corrected chi connectivity index (χ1v) is 8.06. The lowest BCUT2D eigenvalue weighted by Gasteiger charge is -2.31. The zero-order valence-corrected chi connectivity index (χ0v) is 12.2. The number of rotatable bonds is 4. The Kier molecular flexibility index (Phi) is 4.62. The first kappa shape index (κ1) is 15.2. The largest absolute Gasteiger partial charge is 0.396 e. The minimum atomic E-state index is -3.61. The van der Waals surface area contributed by atoms with Crippen LogP contribution in [0.25, 0.3) is 0 Å². The Morgan fingerprint density at radius 3 is 2.60 bits per heavy atom. The number of benzene rings is 1. The molecule has 0 unspecified atom stereocenters. The standard InChI is InChI=1S/C13H19FN2O3S/c1-2-19-10-5-7-16(8-6-10)20(17,18)11-3-4-12(14)13(15)9-11/h3-4,9-10H,2,5-8,15H2,1H3. The molecule has 0 amide bonds. The third-order valence-electron chi connectivity index (χ3n) is 3.41. The van der Waals surface area contributed by atoms with Crippen molar-refractivity contribution >= 4 is 15.7 Å². The Morgan fingerprint density at radius 2 is 2.05 bits per heavy atom. The average molecular weight is 302 g/mol. The molecule has 0 saturated carbocycles. The summed E-state index contributed by atoms with van der Waals surface area (Å²) in [6.45, 7) is 3.37. The van der Waals surface area contributed by atoms with E-state index in [9.17, 15) is 12.8 Å². The minimum Gasteiger partial charge on any atom is -0.396 e. The molecule has 5 nitrogen and oxygen atoms in total. The predicted molar refractivity (Wildman–Crippen MR) is 74.2 cm³/mol. The smallest absolute Gasteiger partial charge is 0.243 e. The van der Waals surface area contributed by atoms with Gasteiger partial charge in [0.15, 0.2) is 0 Å². The van der Waals surface area contributed by atoms with Crippen LogP contribution in [-0.2, 0) is 14.8 Å². The van der Waals surface area contributed by atoms with E-state index in [1.165, 1.54) is 16.4 Å². The molecule has 1 heterocycles. The molecule has 2 N–H and O–H groups in total. The van der Waals surface area contributed by atoms with Gasteiger partial charge in [-0.3, -0.25) is 0 Å². The quantitative estimate of drug-likeness (QED) is 0.857. The Labute approximate surface area is 118 Å². The molecule has 7 heteroatoms. The third-order valence-corrected chi connectivity index (χ3v) is 5.30. The van der Waals surface area contributed by atoms with Crippen molar-refractivity contribution in [2.75, 3.05) is 25.4 Å². The fourth-order valence-electron chi connectivity index (χ4n) is 2.31. The molecule has 1 aromatic carbocycles. The van der Waals surface area contributed by atoms with Crippen molar-refractivity contribution in [1.82, 2.24) is 4.31 Å². The van der Waals surface area contributed by atoms with Crippen molar-refractivity contribution in [1.29, 1.82) is 0 Å². The van der Waals surface area contributed by atoms with Gasteiger partial charge in [0.25, 0.3) is 0 Å². The summed E-state index contributed by atoms with van der Waals surface area (Å²) in [5.74, 6) is -0.612. The SMILES string of the molecule is CCOC1CCN(S(=O)(=O)c2ccc(F)c(N)c2)CC1. The van der Waals surface area contributed by atoms with Crippen LogP contribution < -0.4 is 5.73 Å². The van der Waals surface area contributed by atoms with Gasteiger partial charge in [-0.05, 0) is 38.0 Å². The van der Waals surface area contributed by atoms with Gasteiger partial charge in [-0.1, -0.05) is 0 Å². The molecule has 0 atom stereocenters. The van der Waals surface area contributed by atoms with E-state index in [1.807, 2.05) is 6.92 Å². The molecule has 0 bridgehead atoms. The van der Waals surface area contributed by atoms with Gasteiger partial charge in [0.1, 0.15) is 5.82 Å². The second kappa shape index (κ2) is 6.07. The van der Waals surface area contributed by atoms with Crippen LogP contribution in [0.1, 0.15) is 19.8 Å². The van der Waals surface area contributed by atoms with Crippen molar-refractivity contribution in [2.24, 2.45) is 0 Å². The molecule has 1 fully saturated rings. The van der Waals surface area contributed by atoms with Crippen LogP contribution >= 0.6 is 0 Å². The fourth-order valence-corrected chi connectivity index (χ4v) is 3.81. The number of anilines is 1. The Hall–Kier alpha value is -1.18. The molecule has 1 aromatic rings. The third kappa shape index (κ3) is 3.11. The Bertz CT molecular complexity index is 569. The molecule has 0 spiro atoms. The second-order valence-electron chi connectivity index (χ2n) is 4.74.